The van der Waals surface area contributed by atoms with E-state index < -0.39 is 0 Å². The van der Waals surface area contributed by atoms with Gasteiger partial charge in [-0.1, -0.05) is 37.4 Å². The fourth-order valence-corrected chi connectivity index (χ4v) is 1.27. The van der Waals surface area contributed by atoms with Crippen LogP contribution in [0, 0.1) is 0 Å². The number of fused-ring (bicyclic) bond motifs is 1. The van der Waals surface area contributed by atoms with Crippen LogP contribution in [0.25, 0.3) is 11.1 Å². The highest BCUT2D eigenvalue weighted by Gasteiger charge is 2.20. The number of benzene rings is 1. The first kappa shape index (κ1) is 5.48. The van der Waals surface area contributed by atoms with E-state index in [1.165, 1.54) is 11.1 Å². The van der Waals surface area contributed by atoms with Crippen LogP contribution in [-0.2, 0) is 0 Å². The molecule has 0 saturated carbocycles. The van der Waals surface area contributed by atoms with Gasteiger partial charge < -0.3 is 0 Å². The average molecular weight is 128 g/mol. The van der Waals surface area contributed by atoms with Crippen LogP contribution >= 0.6 is 0 Å². The molecule has 0 spiro atoms. The number of hydrogen-bond acceptors (Lipinski definition) is 0. The monoisotopic (exact) mass is 128 g/mol. The van der Waals surface area contributed by atoms with Crippen LogP contribution in [-0.4, -0.2) is 0 Å². The molecule has 0 aliphatic heterocycles. The van der Waals surface area contributed by atoms with E-state index in [9.17, 15) is 0 Å². The molecule has 0 N–H and O–H groups in total. The highest BCUT2D eigenvalue weighted by atomic mass is 14.2. The predicted octanol–water partition coefficient (Wildman–Crippen LogP) is 2.73. The molecule has 0 aromatic heterocycles. The van der Waals surface area contributed by atoms with Gasteiger partial charge in [-0.15, -0.1) is 0 Å². The summed E-state index contributed by atoms with van der Waals surface area (Å²) < 4.78 is 0. The van der Waals surface area contributed by atoms with Crippen molar-refractivity contribution in [3.63, 3.8) is 0 Å². The number of allylic oxidation sites excluding steroid dienone is 2. The average Bonchev–Trinajstić information content (AvgIpc) is 2.03. The molecule has 0 heteroatoms. The van der Waals surface area contributed by atoms with Crippen molar-refractivity contribution in [3.05, 3.63) is 48.6 Å². The highest BCUT2D eigenvalue weighted by Crippen LogP contribution is 2.41. The molecular weight excluding hydrogens is 120 g/mol. The van der Waals surface area contributed by atoms with Gasteiger partial charge in [-0.05, 0) is 22.3 Å². The fourth-order valence-electron chi connectivity index (χ4n) is 1.27. The Morgan fingerprint density at radius 3 is 1.60 bits per heavy atom. The van der Waals surface area contributed by atoms with Gasteiger partial charge in [-0.3, -0.25) is 0 Å². The van der Waals surface area contributed by atoms with Crippen LogP contribution in [0.15, 0.2) is 37.4 Å². The Balaban J connectivity index is 2.71. The molecule has 0 amide bonds. The first-order valence-corrected chi connectivity index (χ1v) is 3.28. The van der Waals surface area contributed by atoms with E-state index in [0.29, 0.717) is 0 Å². The van der Waals surface area contributed by atoms with Gasteiger partial charge in [0.25, 0.3) is 0 Å². The van der Waals surface area contributed by atoms with Crippen LogP contribution in [0.5, 0.6) is 0 Å². The van der Waals surface area contributed by atoms with E-state index in [1.807, 2.05) is 12.1 Å². The van der Waals surface area contributed by atoms with Crippen molar-refractivity contribution in [2.24, 2.45) is 0 Å². The Bertz CT molecular complexity index is 286. The molecule has 0 nitrogen and oxygen atoms in total. The molecule has 0 atom stereocenters. The lowest BCUT2D eigenvalue weighted by Gasteiger charge is -2.23. The van der Waals surface area contributed by atoms with Crippen LogP contribution < -0.4 is 0 Å². The lowest BCUT2D eigenvalue weighted by Crippen LogP contribution is -2.02. The lowest BCUT2D eigenvalue weighted by molar-refractivity contribution is 1.50. The van der Waals surface area contributed by atoms with Crippen LogP contribution in [0.1, 0.15) is 11.1 Å². The predicted molar refractivity (Wildman–Crippen MR) is 44.5 cm³/mol. The summed E-state index contributed by atoms with van der Waals surface area (Å²) in [5.74, 6) is 0. The summed E-state index contributed by atoms with van der Waals surface area (Å²) in [4.78, 5) is 0. The minimum Gasteiger partial charge on any atom is -0.0905 e. The molecule has 1 aliphatic rings. The van der Waals surface area contributed by atoms with Crippen molar-refractivity contribution >= 4 is 11.1 Å². The van der Waals surface area contributed by atoms with Crippen molar-refractivity contribution in [3.8, 4) is 0 Å². The second-order valence-electron chi connectivity index (χ2n) is 2.50. The van der Waals surface area contributed by atoms with Gasteiger partial charge in [0, 0.05) is 0 Å². The minimum atomic E-state index is 1.09. The third-order valence-corrected chi connectivity index (χ3v) is 1.94. The second-order valence-corrected chi connectivity index (χ2v) is 2.50. The van der Waals surface area contributed by atoms with E-state index in [1.54, 1.807) is 0 Å². The molecule has 1 aromatic rings. The van der Waals surface area contributed by atoms with Crippen molar-refractivity contribution < 1.29 is 0 Å². The van der Waals surface area contributed by atoms with Crippen LogP contribution in [0.2, 0.25) is 0 Å². The lowest BCUT2D eigenvalue weighted by atomic mass is 9.80. The van der Waals surface area contributed by atoms with Crippen molar-refractivity contribution in [1.82, 2.24) is 0 Å². The third kappa shape index (κ3) is 0.462. The second kappa shape index (κ2) is 1.60. The summed E-state index contributed by atoms with van der Waals surface area (Å²) in [7, 11) is 0. The Morgan fingerprint density at radius 2 is 1.20 bits per heavy atom. The first-order chi connectivity index (χ1) is 4.80. The van der Waals surface area contributed by atoms with Crippen molar-refractivity contribution in [2.75, 3.05) is 0 Å². The fraction of sp³-hybridized carbons (Fsp3) is 0. The largest absolute Gasteiger partial charge is 0.0905 e. The molecule has 48 valence electrons. The normalized spacial score (nSPS) is 14.4. The van der Waals surface area contributed by atoms with Gasteiger partial charge in [-0.25, -0.2) is 0 Å². The molecule has 0 bridgehead atoms. The highest BCUT2D eigenvalue weighted by molar-refractivity contribution is 6.15. The van der Waals surface area contributed by atoms with Crippen molar-refractivity contribution in [1.29, 1.82) is 0 Å². The van der Waals surface area contributed by atoms with Gasteiger partial charge in [0.05, 0.1) is 0 Å². The van der Waals surface area contributed by atoms with Gasteiger partial charge in [-0.2, -0.15) is 0 Å². The minimum absolute atomic E-state index is 1.09. The zero-order chi connectivity index (χ0) is 7.14. The maximum absolute atomic E-state index is 3.88. The zero-order valence-electron chi connectivity index (χ0n) is 5.72. The standard InChI is InChI=1S/C10H8/c1-7-8(2)10-6-4-3-5-9(7)10/h3-6H,1-2H2. The molecule has 0 saturated heterocycles. The number of hydrogen-bond donors (Lipinski definition) is 0. The summed E-state index contributed by atoms with van der Waals surface area (Å²) in [6.45, 7) is 7.77. The molecule has 0 heterocycles. The van der Waals surface area contributed by atoms with Gasteiger partial charge in [0.15, 0.2) is 0 Å². The van der Waals surface area contributed by atoms with E-state index in [0.717, 1.165) is 11.1 Å². The van der Waals surface area contributed by atoms with E-state index in [4.69, 9.17) is 0 Å². The Hall–Kier alpha value is -1.30. The summed E-state index contributed by atoms with van der Waals surface area (Å²) in [5.41, 5.74) is 4.70. The number of rotatable bonds is 0. The molecular formula is C10H8. The third-order valence-electron chi connectivity index (χ3n) is 1.94. The Labute approximate surface area is 60.5 Å². The Morgan fingerprint density at radius 1 is 0.800 bits per heavy atom. The summed E-state index contributed by atoms with van der Waals surface area (Å²) in [6, 6.07) is 8.20. The van der Waals surface area contributed by atoms with Gasteiger partial charge >= 0.3 is 0 Å². The van der Waals surface area contributed by atoms with Crippen LogP contribution in [0.3, 0.4) is 0 Å². The maximum atomic E-state index is 3.88. The smallest absolute Gasteiger partial charge is 0.0105 e. The molecule has 0 radical (unpaired) electrons. The zero-order valence-corrected chi connectivity index (χ0v) is 5.72. The first-order valence-electron chi connectivity index (χ1n) is 3.28. The van der Waals surface area contributed by atoms with E-state index >= 15 is 0 Å². The van der Waals surface area contributed by atoms with Crippen molar-refractivity contribution in [2.45, 2.75) is 0 Å². The van der Waals surface area contributed by atoms with Crippen LogP contribution in [0.4, 0.5) is 0 Å². The van der Waals surface area contributed by atoms with Gasteiger partial charge in [0.2, 0.25) is 0 Å². The van der Waals surface area contributed by atoms with Gasteiger partial charge in [0.1, 0.15) is 0 Å². The molecule has 0 unspecified atom stereocenters. The summed E-state index contributed by atoms with van der Waals surface area (Å²) in [5, 5.41) is 0. The summed E-state index contributed by atoms with van der Waals surface area (Å²) in [6.07, 6.45) is 0. The molecule has 0 fully saturated rings. The quantitative estimate of drug-likeness (QED) is 0.504. The molecule has 1 aliphatic carbocycles. The van der Waals surface area contributed by atoms with E-state index in [-0.39, 0.29) is 0 Å². The molecule has 1 aromatic carbocycles. The van der Waals surface area contributed by atoms with E-state index in [2.05, 4.69) is 25.3 Å². The topological polar surface area (TPSA) is 0 Å². The Kier molecular flexibility index (Phi) is 0.877. The maximum Gasteiger partial charge on any atom is -0.0105 e. The molecule has 10 heavy (non-hydrogen) atoms. The molecule has 2 rings (SSSR count). The SMILES string of the molecule is C=C1C(=C)c2ccccc21. The summed E-state index contributed by atoms with van der Waals surface area (Å²) >= 11 is 0.